The molecule has 2 aromatic carbocycles. The summed E-state index contributed by atoms with van der Waals surface area (Å²) >= 11 is 0. The maximum absolute atomic E-state index is 13.3. The molecule has 6 heteroatoms. The van der Waals surface area contributed by atoms with E-state index in [0.717, 1.165) is 17.0 Å². The number of para-hydroxylation sites is 1. The Morgan fingerprint density at radius 3 is 2.46 bits per heavy atom. The van der Waals surface area contributed by atoms with Crippen LogP contribution in [0.2, 0.25) is 0 Å². The van der Waals surface area contributed by atoms with Gasteiger partial charge in [0, 0.05) is 43.1 Å². The highest BCUT2D eigenvalue weighted by Gasteiger charge is 2.20. The average molecular weight is 343 g/mol. The van der Waals surface area contributed by atoms with Gasteiger partial charge in [0.15, 0.2) is 0 Å². The van der Waals surface area contributed by atoms with Crippen molar-refractivity contribution in [1.82, 2.24) is 19.5 Å². The topological polar surface area (TPSA) is 63.9 Å². The van der Waals surface area contributed by atoms with Crippen molar-refractivity contribution < 1.29 is 4.79 Å². The summed E-state index contributed by atoms with van der Waals surface area (Å²) in [7, 11) is 1.92. The lowest BCUT2D eigenvalue weighted by Crippen LogP contribution is -2.31. The van der Waals surface area contributed by atoms with Crippen LogP contribution in [0.15, 0.2) is 73.3 Å². The second-order valence-corrected chi connectivity index (χ2v) is 5.94. The van der Waals surface area contributed by atoms with Crippen LogP contribution in [-0.2, 0) is 13.6 Å². The molecule has 4 rings (SSSR count). The Morgan fingerprint density at radius 1 is 0.962 bits per heavy atom. The van der Waals surface area contributed by atoms with Gasteiger partial charge in [0.2, 0.25) is 0 Å². The Balaban J connectivity index is 1.74. The molecule has 2 heterocycles. The minimum atomic E-state index is -0.105. The first kappa shape index (κ1) is 16.0. The summed E-state index contributed by atoms with van der Waals surface area (Å²) in [4.78, 5) is 27.9. The third kappa shape index (κ3) is 3.04. The predicted molar refractivity (Wildman–Crippen MR) is 99.7 cm³/mol. The number of aryl methyl sites for hydroxylation is 1. The summed E-state index contributed by atoms with van der Waals surface area (Å²) in [6, 6.07) is 15.0. The van der Waals surface area contributed by atoms with Crippen LogP contribution in [0.25, 0.3) is 11.0 Å². The number of benzene rings is 2. The fraction of sp³-hybridized carbons (Fsp3) is 0.100. The van der Waals surface area contributed by atoms with Crippen molar-refractivity contribution in [3.63, 3.8) is 0 Å². The molecule has 0 saturated heterocycles. The molecule has 0 N–H and O–H groups in total. The van der Waals surface area contributed by atoms with Crippen LogP contribution in [-0.4, -0.2) is 25.4 Å². The molecule has 0 saturated carbocycles. The minimum absolute atomic E-state index is 0.105. The molecule has 0 aliphatic rings. The zero-order chi connectivity index (χ0) is 17.9. The van der Waals surface area contributed by atoms with Crippen molar-refractivity contribution >= 4 is 22.6 Å². The van der Waals surface area contributed by atoms with Crippen LogP contribution < -0.4 is 4.90 Å². The Bertz CT molecular complexity index is 1060. The summed E-state index contributed by atoms with van der Waals surface area (Å²) in [6.07, 6.45) is 6.86. The van der Waals surface area contributed by atoms with Crippen molar-refractivity contribution in [3.8, 4) is 0 Å². The third-order valence-electron chi connectivity index (χ3n) is 4.25. The fourth-order valence-electron chi connectivity index (χ4n) is 2.83. The SMILES string of the molecule is Cn1ccnc1CN(C(=O)c1ccc2nccnc2c1)c1ccccc1. The number of hydrogen-bond donors (Lipinski definition) is 0. The number of aromatic nitrogens is 4. The van der Waals surface area contributed by atoms with E-state index in [9.17, 15) is 4.79 Å². The largest absolute Gasteiger partial charge is 0.337 e. The van der Waals surface area contributed by atoms with E-state index in [1.165, 1.54) is 0 Å². The van der Waals surface area contributed by atoms with Crippen LogP contribution in [0.3, 0.4) is 0 Å². The number of amides is 1. The summed E-state index contributed by atoms with van der Waals surface area (Å²) in [5.74, 6) is 0.703. The van der Waals surface area contributed by atoms with Crippen LogP contribution in [0.4, 0.5) is 5.69 Å². The van der Waals surface area contributed by atoms with Gasteiger partial charge in [0.1, 0.15) is 5.82 Å². The molecule has 4 aromatic rings. The second kappa shape index (κ2) is 6.76. The van der Waals surface area contributed by atoms with Crippen molar-refractivity contribution in [2.45, 2.75) is 6.54 Å². The van der Waals surface area contributed by atoms with E-state index in [2.05, 4.69) is 15.0 Å². The summed E-state index contributed by atoms with van der Waals surface area (Å²) in [5, 5.41) is 0. The molecule has 0 atom stereocenters. The Hall–Kier alpha value is -3.54. The van der Waals surface area contributed by atoms with Gasteiger partial charge in [-0.2, -0.15) is 0 Å². The van der Waals surface area contributed by atoms with E-state index < -0.39 is 0 Å². The van der Waals surface area contributed by atoms with Crippen molar-refractivity contribution in [1.29, 1.82) is 0 Å². The highest BCUT2D eigenvalue weighted by molar-refractivity contribution is 6.07. The highest BCUT2D eigenvalue weighted by atomic mass is 16.2. The summed E-state index contributed by atoms with van der Waals surface area (Å²) in [5.41, 5.74) is 2.85. The van der Waals surface area contributed by atoms with Crippen LogP contribution in [0.5, 0.6) is 0 Å². The minimum Gasteiger partial charge on any atom is -0.337 e. The monoisotopic (exact) mass is 343 g/mol. The maximum atomic E-state index is 13.3. The quantitative estimate of drug-likeness (QED) is 0.571. The standard InChI is InChI=1S/C20H17N5O/c1-24-12-11-23-19(24)14-25(16-5-3-2-4-6-16)20(26)15-7-8-17-18(13-15)22-10-9-21-17/h2-13H,14H2,1H3. The molecule has 128 valence electrons. The molecule has 6 nitrogen and oxygen atoms in total. The van der Waals surface area contributed by atoms with Gasteiger partial charge < -0.3 is 9.47 Å². The smallest absolute Gasteiger partial charge is 0.258 e. The molecule has 2 aromatic heterocycles. The van der Waals surface area contributed by atoms with Gasteiger partial charge in [-0.05, 0) is 30.3 Å². The first-order valence-corrected chi connectivity index (χ1v) is 8.26. The molecule has 0 bridgehead atoms. The molecule has 0 fully saturated rings. The number of imidazole rings is 1. The second-order valence-electron chi connectivity index (χ2n) is 5.94. The van der Waals surface area contributed by atoms with E-state index in [1.54, 1.807) is 35.6 Å². The Labute approximate surface area is 150 Å². The van der Waals surface area contributed by atoms with E-state index in [4.69, 9.17) is 0 Å². The molecular formula is C20H17N5O. The maximum Gasteiger partial charge on any atom is 0.258 e. The number of nitrogens with zero attached hydrogens (tertiary/aromatic N) is 5. The molecular weight excluding hydrogens is 326 g/mol. The molecule has 0 spiro atoms. The molecule has 26 heavy (non-hydrogen) atoms. The average Bonchev–Trinajstić information content (AvgIpc) is 3.10. The van der Waals surface area contributed by atoms with Gasteiger partial charge in [0.25, 0.3) is 5.91 Å². The first-order chi connectivity index (χ1) is 12.7. The first-order valence-electron chi connectivity index (χ1n) is 8.26. The molecule has 0 aliphatic heterocycles. The zero-order valence-electron chi connectivity index (χ0n) is 14.3. The molecule has 0 unspecified atom stereocenters. The van der Waals surface area contributed by atoms with Crippen LogP contribution in [0, 0.1) is 0 Å². The lowest BCUT2D eigenvalue weighted by atomic mass is 10.1. The van der Waals surface area contributed by atoms with Gasteiger partial charge in [-0.1, -0.05) is 18.2 Å². The van der Waals surface area contributed by atoms with Gasteiger partial charge in [-0.15, -0.1) is 0 Å². The third-order valence-corrected chi connectivity index (χ3v) is 4.25. The number of carbonyl (C=O) groups excluding carboxylic acids is 1. The molecule has 0 aliphatic carbocycles. The highest BCUT2D eigenvalue weighted by Crippen LogP contribution is 2.21. The van der Waals surface area contributed by atoms with E-state index >= 15 is 0 Å². The normalized spacial score (nSPS) is 10.8. The number of fused-ring (bicyclic) bond motifs is 1. The van der Waals surface area contributed by atoms with E-state index in [1.807, 2.05) is 54.2 Å². The van der Waals surface area contributed by atoms with Gasteiger partial charge in [-0.25, -0.2) is 4.98 Å². The predicted octanol–water partition coefficient (Wildman–Crippen LogP) is 3.21. The van der Waals surface area contributed by atoms with Crippen LogP contribution >= 0.6 is 0 Å². The van der Waals surface area contributed by atoms with Crippen molar-refractivity contribution in [2.24, 2.45) is 7.05 Å². The fourth-order valence-corrected chi connectivity index (χ4v) is 2.83. The Kier molecular flexibility index (Phi) is 4.15. The van der Waals surface area contributed by atoms with Crippen molar-refractivity contribution in [2.75, 3.05) is 4.90 Å². The lowest BCUT2D eigenvalue weighted by molar-refractivity contribution is 0.0984. The number of carbonyl (C=O) groups is 1. The van der Waals surface area contributed by atoms with Crippen molar-refractivity contribution in [3.05, 3.63) is 84.7 Å². The van der Waals surface area contributed by atoms with E-state index in [0.29, 0.717) is 17.6 Å². The molecule has 0 radical (unpaired) electrons. The summed E-state index contributed by atoms with van der Waals surface area (Å²) in [6.45, 7) is 0.380. The zero-order valence-corrected chi connectivity index (χ0v) is 14.3. The lowest BCUT2D eigenvalue weighted by Gasteiger charge is -2.23. The number of rotatable bonds is 4. The van der Waals surface area contributed by atoms with E-state index in [-0.39, 0.29) is 5.91 Å². The van der Waals surface area contributed by atoms with Gasteiger partial charge in [0.05, 0.1) is 17.6 Å². The number of anilines is 1. The molecule has 1 amide bonds. The van der Waals surface area contributed by atoms with Gasteiger partial charge >= 0.3 is 0 Å². The Morgan fingerprint density at radius 2 is 1.73 bits per heavy atom. The summed E-state index contributed by atoms with van der Waals surface area (Å²) < 4.78 is 1.91. The number of hydrogen-bond acceptors (Lipinski definition) is 4. The van der Waals surface area contributed by atoms with Crippen LogP contribution in [0.1, 0.15) is 16.2 Å². The van der Waals surface area contributed by atoms with Gasteiger partial charge in [-0.3, -0.25) is 14.8 Å².